The van der Waals surface area contributed by atoms with Crippen LogP contribution < -0.4 is 5.32 Å². The molecule has 1 aromatic rings. The van der Waals surface area contributed by atoms with Crippen molar-refractivity contribution in [3.05, 3.63) is 35.4 Å². The molecule has 21 heavy (non-hydrogen) atoms. The van der Waals surface area contributed by atoms with Crippen molar-refractivity contribution in [2.75, 3.05) is 33.2 Å². The predicted octanol–water partition coefficient (Wildman–Crippen LogP) is 1.77. The summed E-state index contributed by atoms with van der Waals surface area (Å²) in [6.07, 6.45) is 2.52. The molecule has 0 aliphatic carbocycles. The van der Waals surface area contributed by atoms with Gasteiger partial charge in [0.1, 0.15) is 6.17 Å². The van der Waals surface area contributed by atoms with E-state index in [0.29, 0.717) is 12.5 Å². The van der Waals surface area contributed by atoms with Crippen LogP contribution in [0.25, 0.3) is 0 Å². The van der Waals surface area contributed by atoms with Crippen molar-refractivity contribution in [3.63, 3.8) is 0 Å². The average molecular weight is 287 g/mol. The molecule has 4 nitrogen and oxygen atoms in total. The molecule has 2 heterocycles. The molecule has 1 N–H and O–H groups in total. The molecule has 114 valence electrons. The van der Waals surface area contributed by atoms with E-state index in [2.05, 4.69) is 48.5 Å². The number of hydrogen-bond acceptors (Lipinski definition) is 3. The van der Waals surface area contributed by atoms with Gasteiger partial charge in [-0.05, 0) is 50.4 Å². The predicted molar refractivity (Wildman–Crippen MR) is 83.9 cm³/mol. The first kappa shape index (κ1) is 14.5. The highest BCUT2D eigenvalue weighted by Gasteiger charge is 2.34. The molecule has 2 aliphatic rings. The molecule has 0 spiro atoms. The quantitative estimate of drug-likeness (QED) is 0.920. The van der Waals surface area contributed by atoms with Crippen molar-refractivity contribution in [2.24, 2.45) is 5.92 Å². The Morgan fingerprint density at radius 1 is 1.33 bits per heavy atom. The summed E-state index contributed by atoms with van der Waals surface area (Å²) < 4.78 is 0. The van der Waals surface area contributed by atoms with Gasteiger partial charge < -0.3 is 9.80 Å². The van der Waals surface area contributed by atoms with Gasteiger partial charge in [0.15, 0.2) is 0 Å². The first-order valence-corrected chi connectivity index (χ1v) is 7.92. The van der Waals surface area contributed by atoms with Gasteiger partial charge in [0.05, 0.1) is 6.54 Å². The fourth-order valence-corrected chi connectivity index (χ4v) is 3.62. The van der Waals surface area contributed by atoms with Crippen LogP contribution in [0.3, 0.4) is 0 Å². The summed E-state index contributed by atoms with van der Waals surface area (Å²) in [7, 11) is 2.18. The Hall–Kier alpha value is -1.39. The lowest BCUT2D eigenvalue weighted by molar-refractivity contribution is -0.128. The highest BCUT2D eigenvalue weighted by Crippen LogP contribution is 2.27. The number of nitrogens with zero attached hydrogens (tertiary/aromatic N) is 2. The lowest BCUT2D eigenvalue weighted by Crippen LogP contribution is -2.41. The second-order valence-corrected chi connectivity index (χ2v) is 6.46. The average Bonchev–Trinajstić information content (AvgIpc) is 2.81. The topological polar surface area (TPSA) is 35.6 Å². The van der Waals surface area contributed by atoms with E-state index < -0.39 is 0 Å². The van der Waals surface area contributed by atoms with Crippen LogP contribution >= 0.6 is 0 Å². The summed E-state index contributed by atoms with van der Waals surface area (Å²) in [5, 5.41) is 3.38. The maximum atomic E-state index is 12.3. The van der Waals surface area contributed by atoms with Crippen LogP contribution in [0.2, 0.25) is 0 Å². The molecule has 1 aromatic carbocycles. The third-order valence-corrected chi connectivity index (χ3v) is 4.74. The Balaban J connectivity index is 1.75. The zero-order valence-corrected chi connectivity index (χ0v) is 13.0. The molecule has 0 bridgehead atoms. The number of carbonyl (C=O) groups is 1. The van der Waals surface area contributed by atoms with Crippen LogP contribution in [0.15, 0.2) is 24.3 Å². The molecule has 2 fully saturated rings. The van der Waals surface area contributed by atoms with Crippen molar-refractivity contribution in [3.8, 4) is 0 Å². The van der Waals surface area contributed by atoms with E-state index in [1.54, 1.807) is 0 Å². The number of benzene rings is 1. The van der Waals surface area contributed by atoms with Crippen LogP contribution in [0.1, 0.15) is 30.1 Å². The van der Waals surface area contributed by atoms with E-state index in [9.17, 15) is 4.79 Å². The summed E-state index contributed by atoms with van der Waals surface area (Å²) >= 11 is 0. The summed E-state index contributed by atoms with van der Waals surface area (Å²) in [5.74, 6) is 0.829. The van der Waals surface area contributed by atoms with E-state index in [1.807, 2.05) is 4.90 Å². The first-order valence-electron chi connectivity index (χ1n) is 7.92. The van der Waals surface area contributed by atoms with Gasteiger partial charge in [-0.2, -0.15) is 0 Å². The van der Waals surface area contributed by atoms with Crippen LogP contribution in [0.5, 0.6) is 0 Å². The standard InChI is InChI=1S/C17H25N3O/c1-13-6-3-4-8-15(13)17-18-10-16(21)20(17)12-14-7-5-9-19(2)11-14/h3-4,6,8,14,17-18H,5,7,9-12H2,1-2H3. The highest BCUT2D eigenvalue weighted by molar-refractivity contribution is 5.81. The van der Waals surface area contributed by atoms with E-state index in [1.165, 1.54) is 30.5 Å². The van der Waals surface area contributed by atoms with Gasteiger partial charge in [-0.1, -0.05) is 24.3 Å². The van der Waals surface area contributed by atoms with Gasteiger partial charge in [0, 0.05) is 13.1 Å². The van der Waals surface area contributed by atoms with Gasteiger partial charge in [-0.15, -0.1) is 0 Å². The summed E-state index contributed by atoms with van der Waals surface area (Å²) in [4.78, 5) is 16.7. The lowest BCUT2D eigenvalue weighted by Gasteiger charge is -2.34. The Morgan fingerprint density at radius 2 is 2.14 bits per heavy atom. The molecule has 0 aromatic heterocycles. The number of rotatable bonds is 3. The molecule has 2 atom stereocenters. The molecule has 0 radical (unpaired) electrons. The summed E-state index contributed by atoms with van der Waals surface area (Å²) in [5.41, 5.74) is 2.47. The Kier molecular flexibility index (Phi) is 4.27. The largest absolute Gasteiger partial charge is 0.321 e. The molecular weight excluding hydrogens is 262 g/mol. The highest BCUT2D eigenvalue weighted by atomic mass is 16.2. The van der Waals surface area contributed by atoms with Gasteiger partial charge in [-0.3, -0.25) is 10.1 Å². The van der Waals surface area contributed by atoms with Crippen molar-refractivity contribution in [1.29, 1.82) is 0 Å². The fraction of sp³-hybridized carbons (Fsp3) is 0.588. The zero-order valence-electron chi connectivity index (χ0n) is 13.0. The molecule has 3 rings (SSSR count). The van der Waals surface area contributed by atoms with Crippen LogP contribution in [-0.4, -0.2) is 48.9 Å². The van der Waals surface area contributed by atoms with E-state index in [-0.39, 0.29) is 12.1 Å². The van der Waals surface area contributed by atoms with Gasteiger partial charge in [0.2, 0.25) is 5.91 Å². The lowest BCUT2D eigenvalue weighted by atomic mass is 9.97. The van der Waals surface area contributed by atoms with Gasteiger partial charge in [-0.25, -0.2) is 0 Å². The Labute approximate surface area is 127 Å². The summed E-state index contributed by atoms with van der Waals surface area (Å²) in [6.45, 7) is 5.73. The Morgan fingerprint density at radius 3 is 2.90 bits per heavy atom. The number of nitrogens with one attached hydrogen (secondary N) is 1. The number of likely N-dealkylation sites (tertiary alicyclic amines) is 1. The number of amides is 1. The van der Waals surface area contributed by atoms with E-state index >= 15 is 0 Å². The molecular formula is C17H25N3O. The van der Waals surface area contributed by atoms with Crippen molar-refractivity contribution >= 4 is 5.91 Å². The zero-order chi connectivity index (χ0) is 14.8. The third kappa shape index (κ3) is 3.11. The van der Waals surface area contributed by atoms with Crippen molar-refractivity contribution < 1.29 is 4.79 Å². The maximum absolute atomic E-state index is 12.3. The van der Waals surface area contributed by atoms with E-state index in [4.69, 9.17) is 0 Å². The monoisotopic (exact) mass is 287 g/mol. The second kappa shape index (κ2) is 6.16. The molecule has 2 aliphatic heterocycles. The number of carbonyl (C=O) groups excluding carboxylic acids is 1. The number of aryl methyl sites for hydroxylation is 1. The first-order chi connectivity index (χ1) is 10.1. The molecule has 4 heteroatoms. The SMILES string of the molecule is Cc1ccccc1C1NCC(=O)N1CC1CCCN(C)C1. The van der Waals surface area contributed by atoms with Crippen LogP contribution in [-0.2, 0) is 4.79 Å². The van der Waals surface area contributed by atoms with Gasteiger partial charge >= 0.3 is 0 Å². The third-order valence-electron chi connectivity index (χ3n) is 4.74. The molecule has 2 unspecified atom stereocenters. The van der Waals surface area contributed by atoms with Crippen molar-refractivity contribution in [2.45, 2.75) is 25.9 Å². The van der Waals surface area contributed by atoms with Crippen molar-refractivity contribution in [1.82, 2.24) is 15.1 Å². The minimum absolute atomic E-state index is 0.0472. The fourth-order valence-electron chi connectivity index (χ4n) is 3.62. The molecule has 2 saturated heterocycles. The minimum atomic E-state index is 0.0472. The van der Waals surface area contributed by atoms with Gasteiger partial charge in [0.25, 0.3) is 0 Å². The second-order valence-electron chi connectivity index (χ2n) is 6.46. The Bertz CT molecular complexity index is 517. The molecule has 1 amide bonds. The number of piperidine rings is 1. The van der Waals surface area contributed by atoms with E-state index in [0.717, 1.165) is 13.1 Å². The number of hydrogen-bond donors (Lipinski definition) is 1. The summed E-state index contributed by atoms with van der Waals surface area (Å²) in [6, 6.07) is 8.35. The van der Waals surface area contributed by atoms with Crippen LogP contribution in [0.4, 0.5) is 0 Å². The normalized spacial score (nSPS) is 27.3. The van der Waals surface area contributed by atoms with Crippen LogP contribution in [0, 0.1) is 12.8 Å². The molecule has 0 saturated carbocycles. The maximum Gasteiger partial charge on any atom is 0.238 e. The smallest absolute Gasteiger partial charge is 0.238 e. The minimum Gasteiger partial charge on any atom is -0.321 e.